The molecule has 0 saturated heterocycles. The Hall–Kier alpha value is -1.98. The van der Waals surface area contributed by atoms with Crippen LogP contribution in [0.15, 0.2) is 42.6 Å². The summed E-state index contributed by atoms with van der Waals surface area (Å²) in [5, 5.41) is 6.19. The first-order valence-electron chi connectivity index (χ1n) is 5.85. The number of carbonyl (C=O) groups is 1. The highest BCUT2D eigenvalue weighted by atomic mass is 35.5. The number of aromatic nitrogens is 1. The monoisotopic (exact) mass is 305 g/mol. The maximum atomic E-state index is 11.9. The molecule has 1 aromatic carbocycles. The molecule has 0 unspecified atom stereocenters. The molecule has 2 rings (SSSR count). The molecule has 0 aliphatic carbocycles. The van der Waals surface area contributed by atoms with Crippen LogP contribution in [0.2, 0.25) is 5.02 Å². The number of benzene rings is 1. The van der Waals surface area contributed by atoms with E-state index in [9.17, 15) is 4.79 Å². The van der Waals surface area contributed by atoms with Gasteiger partial charge in [0.15, 0.2) is 5.11 Å². The predicted octanol–water partition coefficient (Wildman–Crippen LogP) is 3.17. The molecule has 1 amide bonds. The third-order valence-corrected chi connectivity index (χ3v) is 2.94. The first kappa shape index (κ1) is 14.4. The van der Waals surface area contributed by atoms with Crippen LogP contribution in [0.25, 0.3) is 0 Å². The van der Waals surface area contributed by atoms with E-state index < -0.39 is 0 Å². The highest BCUT2D eigenvalue weighted by molar-refractivity contribution is 7.80. The second-order valence-electron chi connectivity index (χ2n) is 4.14. The minimum absolute atomic E-state index is 0.196. The number of anilines is 1. The standard InChI is InChI=1S/C14H12ClN3OS/c1-9-2-7-12(16-8-9)17-14(20)18-13(19)10-3-5-11(15)6-4-10/h2-8H,1H3,(H2,16,17,18,19,20). The molecule has 0 radical (unpaired) electrons. The quantitative estimate of drug-likeness (QED) is 0.837. The van der Waals surface area contributed by atoms with Crippen molar-refractivity contribution >= 4 is 40.7 Å². The van der Waals surface area contributed by atoms with E-state index >= 15 is 0 Å². The Balaban J connectivity index is 1.95. The van der Waals surface area contributed by atoms with Gasteiger partial charge in [-0.3, -0.25) is 10.1 Å². The number of hydrogen-bond donors (Lipinski definition) is 2. The highest BCUT2D eigenvalue weighted by Crippen LogP contribution is 2.09. The zero-order chi connectivity index (χ0) is 14.5. The lowest BCUT2D eigenvalue weighted by molar-refractivity contribution is 0.0978. The van der Waals surface area contributed by atoms with Crippen LogP contribution in [-0.4, -0.2) is 16.0 Å². The van der Waals surface area contributed by atoms with E-state index in [0.717, 1.165) is 5.56 Å². The Bertz CT molecular complexity index is 626. The average Bonchev–Trinajstić information content (AvgIpc) is 2.42. The molecule has 4 nitrogen and oxygen atoms in total. The number of halogens is 1. The first-order chi connectivity index (χ1) is 9.54. The Labute approximate surface area is 127 Å². The Morgan fingerprint density at radius 3 is 2.50 bits per heavy atom. The molecular formula is C14H12ClN3OS. The summed E-state index contributed by atoms with van der Waals surface area (Å²) in [4.78, 5) is 16.1. The lowest BCUT2D eigenvalue weighted by Gasteiger charge is -2.09. The molecule has 102 valence electrons. The number of thiocarbonyl (C=S) groups is 1. The molecule has 1 aromatic heterocycles. The number of carbonyl (C=O) groups excluding carboxylic acids is 1. The van der Waals surface area contributed by atoms with Gasteiger partial charge in [-0.15, -0.1) is 0 Å². The van der Waals surface area contributed by atoms with Crippen LogP contribution in [0.5, 0.6) is 0 Å². The van der Waals surface area contributed by atoms with Crippen LogP contribution in [0.1, 0.15) is 15.9 Å². The van der Waals surface area contributed by atoms with Gasteiger partial charge in [0.25, 0.3) is 5.91 Å². The van der Waals surface area contributed by atoms with Crippen LogP contribution >= 0.6 is 23.8 Å². The van der Waals surface area contributed by atoms with Crippen LogP contribution in [-0.2, 0) is 0 Å². The average molecular weight is 306 g/mol. The van der Waals surface area contributed by atoms with E-state index in [1.54, 1.807) is 36.5 Å². The van der Waals surface area contributed by atoms with Crippen molar-refractivity contribution in [3.05, 3.63) is 58.7 Å². The molecule has 0 atom stereocenters. The second-order valence-corrected chi connectivity index (χ2v) is 4.98. The summed E-state index contributed by atoms with van der Waals surface area (Å²) in [5.41, 5.74) is 1.53. The van der Waals surface area contributed by atoms with Crippen LogP contribution in [0, 0.1) is 6.92 Å². The summed E-state index contributed by atoms with van der Waals surface area (Å²) in [6, 6.07) is 10.2. The normalized spacial score (nSPS) is 9.90. The maximum absolute atomic E-state index is 11.9. The summed E-state index contributed by atoms with van der Waals surface area (Å²) in [6.45, 7) is 1.94. The van der Waals surface area contributed by atoms with Crippen LogP contribution < -0.4 is 10.6 Å². The molecule has 6 heteroatoms. The molecule has 2 aromatic rings. The van der Waals surface area contributed by atoms with Gasteiger partial charge in [0.2, 0.25) is 0 Å². The maximum Gasteiger partial charge on any atom is 0.257 e. The number of hydrogen-bond acceptors (Lipinski definition) is 3. The number of pyridine rings is 1. The van der Waals surface area contributed by atoms with Crippen molar-refractivity contribution < 1.29 is 4.79 Å². The minimum atomic E-state index is -0.300. The van der Waals surface area contributed by atoms with Crippen molar-refractivity contribution in [2.75, 3.05) is 5.32 Å². The Morgan fingerprint density at radius 2 is 1.90 bits per heavy atom. The SMILES string of the molecule is Cc1ccc(NC(=S)NC(=O)c2ccc(Cl)cc2)nc1. The third kappa shape index (κ3) is 4.01. The molecule has 0 aliphatic heterocycles. The first-order valence-corrected chi connectivity index (χ1v) is 6.64. The predicted molar refractivity (Wildman–Crippen MR) is 84.1 cm³/mol. The van der Waals surface area contributed by atoms with Gasteiger partial charge in [-0.1, -0.05) is 17.7 Å². The van der Waals surface area contributed by atoms with E-state index in [1.165, 1.54) is 0 Å². The van der Waals surface area contributed by atoms with Gasteiger partial charge in [-0.2, -0.15) is 0 Å². The molecular weight excluding hydrogens is 294 g/mol. The lowest BCUT2D eigenvalue weighted by atomic mass is 10.2. The molecule has 1 heterocycles. The summed E-state index contributed by atoms with van der Waals surface area (Å²) in [7, 11) is 0. The number of rotatable bonds is 2. The van der Waals surface area contributed by atoms with E-state index in [1.807, 2.05) is 13.0 Å². The molecule has 20 heavy (non-hydrogen) atoms. The summed E-state index contributed by atoms with van der Waals surface area (Å²) in [6.07, 6.45) is 1.71. The van der Waals surface area contributed by atoms with E-state index in [2.05, 4.69) is 15.6 Å². The van der Waals surface area contributed by atoms with Gasteiger partial charge >= 0.3 is 0 Å². The molecule has 0 saturated carbocycles. The zero-order valence-corrected chi connectivity index (χ0v) is 12.3. The Kier molecular flexibility index (Phi) is 4.65. The summed E-state index contributed by atoms with van der Waals surface area (Å²) in [5.74, 6) is 0.281. The number of nitrogens with zero attached hydrogens (tertiary/aromatic N) is 1. The van der Waals surface area contributed by atoms with Gasteiger partial charge in [0.05, 0.1) is 0 Å². The van der Waals surface area contributed by atoms with Crippen LogP contribution in [0.3, 0.4) is 0 Å². The number of amides is 1. The zero-order valence-electron chi connectivity index (χ0n) is 10.7. The van der Waals surface area contributed by atoms with E-state index in [4.69, 9.17) is 23.8 Å². The second kappa shape index (κ2) is 6.45. The van der Waals surface area contributed by atoms with Crippen molar-refractivity contribution in [3.8, 4) is 0 Å². The molecule has 0 bridgehead atoms. The number of aryl methyl sites for hydroxylation is 1. The minimum Gasteiger partial charge on any atom is -0.317 e. The molecule has 0 fully saturated rings. The fraction of sp³-hybridized carbons (Fsp3) is 0.0714. The highest BCUT2D eigenvalue weighted by Gasteiger charge is 2.07. The fourth-order valence-electron chi connectivity index (χ4n) is 1.47. The third-order valence-electron chi connectivity index (χ3n) is 2.49. The van der Waals surface area contributed by atoms with Crippen molar-refractivity contribution in [1.82, 2.24) is 10.3 Å². The smallest absolute Gasteiger partial charge is 0.257 e. The lowest BCUT2D eigenvalue weighted by Crippen LogP contribution is -2.34. The van der Waals surface area contributed by atoms with Gasteiger partial charge < -0.3 is 5.32 Å². The van der Waals surface area contributed by atoms with E-state index in [0.29, 0.717) is 16.4 Å². The summed E-state index contributed by atoms with van der Waals surface area (Å²) < 4.78 is 0. The van der Waals surface area contributed by atoms with Crippen LogP contribution in [0.4, 0.5) is 5.82 Å². The fourth-order valence-corrected chi connectivity index (χ4v) is 1.79. The van der Waals surface area contributed by atoms with E-state index in [-0.39, 0.29) is 11.0 Å². The van der Waals surface area contributed by atoms with Gasteiger partial charge in [-0.25, -0.2) is 4.98 Å². The molecule has 0 spiro atoms. The topological polar surface area (TPSA) is 54.0 Å². The van der Waals surface area contributed by atoms with Crippen molar-refractivity contribution in [2.24, 2.45) is 0 Å². The summed E-state index contributed by atoms with van der Waals surface area (Å²) >= 11 is 10.8. The Morgan fingerprint density at radius 1 is 1.20 bits per heavy atom. The largest absolute Gasteiger partial charge is 0.317 e. The van der Waals surface area contributed by atoms with Crippen molar-refractivity contribution in [1.29, 1.82) is 0 Å². The van der Waals surface area contributed by atoms with Gasteiger partial charge in [-0.05, 0) is 55.0 Å². The molecule has 2 N–H and O–H groups in total. The van der Waals surface area contributed by atoms with Crippen molar-refractivity contribution in [3.63, 3.8) is 0 Å². The van der Waals surface area contributed by atoms with Gasteiger partial charge in [0.1, 0.15) is 5.82 Å². The van der Waals surface area contributed by atoms with Gasteiger partial charge in [0, 0.05) is 16.8 Å². The number of nitrogens with one attached hydrogen (secondary N) is 2. The molecule has 0 aliphatic rings. The van der Waals surface area contributed by atoms with Crippen molar-refractivity contribution in [2.45, 2.75) is 6.92 Å².